The van der Waals surface area contributed by atoms with Crippen molar-refractivity contribution in [2.75, 3.05) is 6.61 Å². The normalized spacial score (nSPS) is 25.6. The van der Waals surface area contributed by atoms with Gasteiger partial charge in [0.05, 0.1) is 5.60 Å². The molecule has 19 heavy (non-hydrogen) atoms. The van der Waals surface area contributed by atoms with E-state index >= 15 is 0 Å². The van der Waals surface area contributed by atoms with Gasteiger partial charge in [0.1, 0.15) is 0 Å². The number of hydrogen-bond donors (Lipinski definition) is 2. The molecule has 4 heteroatoms. The highest BCUT2D eigenvalue weighted by Gasteiger charge is 2.30. The molecule has 3 atom stereocenters. The van der Waals surface area contributed by atoms with Crippen molar-refractivity contribution in [2.24, 2.45) is 11.7 Å². The monoisotopic (exact) mass is 270 g/mol. The molecule has 0 spiro atoms. The van der Waals surface area contributed by atoms with E-state index in [1.807, 2.05) is 13.8 Å². The fourth-order valence-corrected chi connectivity index (χ4v) is 2.58. The molecule has 1 fully saturated rings. The molecular formula is C15H30N2O2. The second-order valence-electron chi connectivity index (χ2n) is 6.62. The summed E-state index contributed by atoms with van der Waals surface area (Å²) in [5.74, 6) is 0.247. The highest BCUT2D eigenvalue weighted by Crippen LogP contribution is 2.24. The SMILES string of the molecule is CC(N)CCCC(C)C(=O)NC1CCOC(C)(C)C1. The highest BCUT2D eigenvalue weighted by atomic mass is 16.5. The second kappa shape index (κ2) is 7.25. The first-order valence-electron chi connectivity index (χ1n) is 7.50. The quantitative estimate of drug-likeness (QED) is 0.778. The predicted octanol–water partition coefficient (Wildman–Crippen LogP) is 2.21. The van der Waals surface area contributed by atoms with E-state index < -0.39 is 0 Å². The van der Waals surface area contributed by atoms with Gasteiger partial charge in [-0.25, -0.2) is 0 Å². The molecule has 4 nitrogen and oxygen atoms in total. The second-order valence-corrected chi connectivity index (χ2v) is 6.62. The summed E-state index contributed by atoms with van der Waals surface area (Å²) in [6, 6.07) is 0.485. The molecule has 0 aromatic rings. The summed E-state index contributed by atoms with van der Waals surface area (Å²) in [6.45, 7) is 8.90. The number of amides is 1. The van der Waals surface area contributed by atoms with Crippen LogP contribution in [0.4, 0.5) is 0 Å². The highest BCUT2D eigenvalue weighted by molar-refractivity contribution is 5.78. The largest absolute Gasteiger partial charge is 0.375 e. The van der Waals surface area contributed by atoms with Crippen LogP contribution >= 0.6 is 0 Å². The zero-order valence-electron chi connectivity index (χ0n) is 12.9. The molecule has 0 aromatic heterocycles. The number of carbonyl (C=O) groups is 1. The standard InChI is InChI=1S/C15H30N2O2/c1-11(6-5-7-12(2)16)14(18)17-13-8-9-19-15(3,4)10-13/h11-13H,5-10,16H2,1-4H3,(H,17,18). The lowest BCUT2D eigenvalue weighted by molar-refractivity contribution is -0.127. The van der Waals surface area contributed by atoms with Crippen LogP contribution in [0.3, 0.4) is 0 Å². The lowest BCUT2D eigenvalue weighted by Gasteiger charge is -2.36. The summed E-state index contributed by atoms with van der Waals surface area (Å²) < 4.78 is 5.66. The van der Waals surface area contributed by atoms with Gasteiger partial charge in [-0.1, -0.05) is 13.3 Å². The number of hydrogen-bond acceptors (Lipinski definition) is 3. The average Bonchev–Trinajstić information content (AvgIpc) is 2.26. The molecule has 0 radical (unpaired) electrons. The van der Waals surface area contributed by atoms with Gasteiger partial charge in [0.15, 0.2) is 0 Å². The summed E-state index contributed by atoms with van der Waals surface area (Å²) in [5.41, 5.74) is 5.60. The van der Waals surface area contributed by atoms with Crippen molar-refractivity contribution >= 4 is 5.91 Å². The van der Waals surface area contributed by atoms with Crippen molar-refractivity contribution in [3.05, 3.63) is 0 Å². The van der Waals surface area contributed by atoms with Crippen molar-refractivity contribution in [3.8, 4) is 0 Å². The Morgan fingerprint density at radius 2 is 2.11 bits per heavy atom. The third-order valence-corrected chi connectivity index (χ3v) is 3.79. The van der Waals surface area contributed by atoms with Gasteiger partial charge in [-0.2, -0.15) is 0 Å². The Morgan fingerprint density at radius 1 is 1.42 bits per heavy atom. The first-order valence-corrected chi connectivity index (χ1v) is 7.50. The summed E-state index contributed by atoms with van der Waals surface area (Å²) in [7, 11) is 0. The molecular weight excluding hydrogens is 240 g/mol. The van der Waals surface area contributed by atoms with E-state index in [2.05, 4.69) is 19.2 Å². The van der Waals surface area contributed by atoms with Crippen LogP contribution in [-0.2, 0) is 9.53 Å². The smallest absolute Gasteiger partial charge is 0.223 e. The van der Waals surface area contributed by atoms with Gasteiger partial charge in [0.2, 0.25) is 5.91 Å². The van der Waals surface area contributed by atoms with Crippen molar-refractivity contribution in [1.82, 2.24) is 5.32 Å². The van der Waals surface area contributed by atoms with E-state index in [0.717, 1.165) is 38.7 Å². The van der Waals surface area contributed by atoms with Crippen LogP contribution in [0.2, 0.25) is 0 Å². The van der Waals surface area contributed by atoms with Gasteiger partial charge in [-0.3, -0.25) is 4.79 Å². The minimum absolute atomic E-state index is 0.0738. The molecule has 1 rings (SSSR count). The van der Waals surface area contributed by atoms with E-state index in [1.165, 1.54) is 0 Å². The molecule has 0 bridgehead atoms. The maximum absolute atomic E-state index is 12.1. The van der Waals surface area contributed by atoms with E-state index in [9.17, 15) is 4.79 Å². The van der Waals surface area contributed by atoms with Gasteiger partial charge in [-0.05, 0) is 46.5 Å². The minimum Gasteiger partial charge on any atom is -0.375 e. The topological polar surface area (TPSA) is 64.4 Å². The van der Waals surface area contributed by atoms with Gasteiger partial charge in [0, 0.05) is 24.6 Å². The van der Waals surface area contributed by atoms with Crippen LogP contribution in [0.1, 0.15) is 59.8 Å². The zero-order valence-corrected chi connectivity index (χ0v) is 12.9. The third-order valence-electron chi connectivity index (χ3n) is 3.79. The average molecular weight is 270 g/mol. The molecule has 0 aromatic carbocycles. The third kappa shape index (κ3) is 6.39. The Bertz CT molecular complexity index is 290. The number of nitrogens with one attached hydrogen (secondary N) is 1. The van der Waals surface area contributed by atoms with E-state index in [4.69, 9.17) is 10.5 Å². The maximum atomic E-state index is 12.1. The molecule has 3 unspecified atom stereocenters. The Labute approximate surface area is 117 Å². The minimum atomic E-state index is -0.117. The molecule has 1 aliphatic rings. The van der Waals surface area contributed by atoms with Crippen LogP contribution < -0.4 is 11.1 Å². The van der Waals surface area contributed by atoms with Crippen LogP contribution in [-0.4, -0.2) is 30.2 Å². The molecule has 3 N–H and O–H groups in total. The fourth-order valence-electron chi connectivity index (χ4n) is 2.58. The summed E-state index contributed by atoms with van der Waals surface area (Å²) in [5, 5.41) is 3.16. The molecule has 1 aliphatic heterocycles. The first-order chi connectivity index (χ1) is 8.80. The van der Waals surface area contributed by atoms with Crippen LogP contribution in [0.25, 0.3) is 0 Å². The van der Waals surface area contributed by atoms with E-state index in [-0.39, 0.29) is 29.5 Å². The van der Waals surface area contributed by atoms with Crippen LogP contribution in [0, 0.1) is 5.92 Å². The molecule has 0 aliphatic carbocycles. The lowest BCUT2D eigenvalue weighted by atomic mass is 9.93. The number of rotatable bonds is 6. The fraction of sp³-hybridized carbons (Fsp3) is 0.933. The Kier molecular flexibility index (Phi) is 6.27. The van der Waals surface area contributed by atoms with Gasteiger partial charge in [0.25, 0.3) is 0 Å². The van der Waals surface area contributed by atoms with Gasteiger partial charge >= 0.3 is 0 Å². The molecule has 1 amide bonds. The zero-order chi connectivity index (χ0) is 14.5. The van der Waals surface area contributed by atoms with Gasteiger partial charge in [-0.15, -0.1) is 0 Å². The van der Waals surface area contributed by atoms with Crippen molar-refractivity contribution in [3.63, 3.8) is 0 Å². The van der Waals surface area contributed by atoms with Crippen molar-refractivity contribution < 1.29 is 9.53 Å². The molecule has 112 valence electrons. The molecule has 1 heterocycles. The lowest BCUT2D eigenvalue weighted by Crippen LogP contribution is -2.47. The summed E-state index contributed by atoms with van der Waals surface area (Å²) in [6.07, 6.45) is 4.74. The van der Waals surface area contributed by atoms with Crippen LogP contribution in [0.15, 0.2) is 0 Å². The molecule has 1 saturated heterocycles. The maximum Gasteiger partial charge on any atom is 0.223 e. The van der Waals surface area contributed by atoms with Crippen molar-refractivity contribution in [2.45, 2.75) is 77.5 Å². The molecule has 0 saturated carbocycles. The Balaban J connectivity index is 2.29. The Hall–Kier alpha value is -0.610. The number of nitrogens with two attached hydrogens (primary N) is 1. The van der Waals surface area contributed by atoms with Crippen LogP contribution in [0.5, 0.6) is 0 Å². The van der Waals surface area contributed by atoms with Crippen molar-refractivity contribution in [1.29, 1.82) is 0 Å². The first kappa shape index (κ1) is 16.4. The number of carbonyl (C=O) groups excluding carboxylic acids is 1. The number of ether oxygens (including phenoxy) is 1. The predicted molar refractivity (Wildman–Crippen MR) is 77.9 cm³/mol. The van der Waals surface area contributed by atoms with Gasteiger partial charge < -0.3 is 15.8 Å². The summed E-state index contributed by atoms with van der Waals surface area (Å²) in [4.78, 5) is 12.1. The Morgan fingerprint density at radius 3 is 2.68 bits per heavy atom. The summed E-state index contributed by atoms with van der Waals surface area (Å²) >= 11 is 0. The van der Waals surface area contributed by atoms with E-state index in [1.54, 1.807) is 0 Å². The van der Waals surface area contributed by atoms with E-state index in [0.29, 0.717) is 0 Å².